The summed E-state index contributed by atoms with van der Waals surface area (Å²) in [5.41, 5.74) is 2.32. The van der Waals surface area contributed by atoms with Gasteiger partial charge in [0.2, 0.25) is 0 Å². The molecule has 6 heteroatoms. The van der Waals surface area contributed by atoms with Crippen LogP contribution in [0.2, 0.25) is 0 Å². The van der Waals surface area contributed by atoms with Crippen LogP contribution in [0.1, 0.15) is 21.7 Å². The van der Waals surface area contributed by atoms with Crippen LogP contribution in [0.25, 0.3) is 11.0 Å². The Morgan fingerprint density at radius 1 is 1.26 bits per heavy atom. The minimum Gasteiger partial charge on any atom is -0.478 e. The first-order valence-corrected chi connectivity index (χ1v) is 6.92. The summed E-state index contributed by atoms with van der Waals surface area (Å²) in [5, 5.41) is 17.9. The van der Waals surface area contributed by atoms with Crippen LogP contribution in [-0.2, 0) is 13.0 Å². The van der Waals surface area contributed by atoms with E-state index in [0.29, 0.717) is 17.9 Å². The number of fused-ring (bicyclic) bond motifs is 1. The number of hydrogen-bond donors (Lipinski definition) is 1. The van der Waals surface area contributed by atoms with E-state index >= 15 is 0 Å². The van der Waals surface area contributed by atoms with Crippen LogP contribution in [0.5, 0.6) is 0 Å². The lowest BCUT2D eigenvalue weighted by atomic mass is 10.1. The van der Waals surface area contributed by atoms with Gasteiger partial charge in [-0.3, -0.25) is 0 Å². The second-order valence-electron chi connectivity index (χ2n) is 5.08. The monoisotopic (exact) mass is 309 g/mol. The van der Waals surface area contributed by atoms with Gasteiger partial charge in [0.1, 0.15) is 11.6 Å². The van der Waals surface area contributed by atoms with E-state index in [1.807, 2.05) is 4.57 Å². The number of benzene rings is 2. The minimum absolute atomic E-state index is 0.115. The Bertz CT molecular complexity index is 923. The molecule has 0 aliphatic carbocycles. The summed E-state index contributed by atoms with van der Waals surface area (Å²) < 4.78 is 15.2. The van der Waals surface area contributed by atoms with Crippen molar-refractivity contribution in [3.63, 3.8) is 0 Å². The molecule has 2 aromatic carbocycles. The first kappa shape index (κ1) is 14.7. The van der Waals surface area contributed by atoms with Gasteiger partial charge in [0.25, 0.3) is 0 Å². The van der Waals surface area contributed by atoms with Crippen molar-refractivity contribution in [1.82, 2.24) is 9.55 Å². The van der Waals surface area contributed by atoms with Gasteiger partial charge in [0, 0.05) is 12.6 Å². The van der Waals surface area contributed by atoms with Crippen LogP contribution < -0.4 is 0 Å². The summed E-state index contributed by atoms with van der Waals surface area (Å²) in [6, 6.07) is 12.9. The van der Waals surface area contributed by atoms with Gasteiger partial charge in [-0.1, -0.05) is 12.1 Å². The molecule has 0 aliphatic heterocycles. The number of nitrogens with zero attached hydrogens (tertiary/aromatic N) is 3. The van der Waals surface area contributed by atoms with Gasteiger partial charge in [-0.25, -0.2) is 14.2 Å². The summed E-state index contributed by atoms with van der Waals surface area (Å²) in [7, 11) is 0. The van der Waals surface area contributed by atoms with Crippen molar-refractivity contribution >= 4 is 17.0 Å². The molecule has 0 bridgehead atoms. The summed E-state index contributed by atoms with van der Waals surface area (Å²) in [4.78, 5) is 15.2. The molecule has 0 spiro atoms. The van der Waals surface area contributed by atoms with E-state index in [-0.39, 0.29) is 17.8 Å². The molecule has 3 aromatic rings. The summed E-state index contributed by atoms with van der Waals surface area (Å²) in [6.45, 7) is 0.430. The Labute approximate surface area is 131 Å². The Hall–Kier alpha value is -3.20. The SMILES string of the molecule is N#CCc1nc2cc(F)ccc2n1Cc1ccc(C(=O)O)cc1. The molecule has 0 saturated heterocycles. The summed E-state index contributed by atoms with van der Waals surface area (Å²) >= 11 is 0. The van der Waals surface area contributed by atoms with Crippen LogP contribution in [0.4, 0.5) is 4.39 Å². The molecule has 1 aromatic heterocycles. The second kappa shape index (κ2) is 5.89. The molecule has 0 unspecified atom stereocenters. The van der Waals surface area contributed by atoms with Gasteiger partial charge in [0.15, 0.2) is 0 Å². The fraction of sp³-hybridized carbons (Fsp3) is 0.118. The van der Waals surface area contributed by atoms with Crippen molar-refractivity contribution in [3.05, 3.63) is 65.2 Å². The number of carboxylic acid groups (broad SMARTS) is 1. The highest BCUT2D eigenvalue weighted by Gasteiger charge is 2.12. The van der Waals surface area contributed by atoms with E-state index in [0.717, 1.165) is 11.1 Å². The standard InChI is InChI=1S/C17H12FN3O2/c18-13-5-6-15-14(9-13)20-16(7-8-19)21(15)10-11-1-3-12(4-2-11)17(22)23/h1-6,9H,7,10H2,(H,22,23). The Morgan fingerprint density at radius 2 is 2.00 bits per heavy atom. The predicted molar refractivity (Wildman–Crippen MR) is 81.5 cm³/mol. The van der Waals surface area contributed by atoms with Gasteiger partial charge in [-0.05, 0) is 29.8 Å². The lowest BCUT2D eigenvalue weighted by Crippen LogP contribution is -2.05. The average molecular weight is 309 g/mol. The molecule has 0 fully saturated rings. The number of aromatic carboxylic acids is 1. The van der Waals surface area contributed by atoms with E-state index in [4.69, 9.17) is 10.4 Å². The van der Waals surface area contributed by atoms with Crippen molar-refractivity contribution in [2.45, 2.75) is 13.0 Å². The van der Waals surface area contributed by atoms with Gasteiger partial charge in [-0.2, -0.15) is 5.26 Å². The number of hydrogen-bond acceptors (Lipinski definition) is 3. The van der Waals surface area contributed by atoms with E-state index in [9.17, 15) is 9.18 Å². The normalized spacial score (nSPS) is 10.6. The second-order valence-corrected chi connectivity index (χ2v) is 5.08. The number of aromatic nitrogens is 2. The highest BCUT2D eigenvalue weighted by molar-refractivity contribution is 5.87. The predicted octanol–water partition coefficient (Wildman–Crippen LogP) is 2.99. The zero-order valence-electron chi connectivity index (χ0n) is 12.0. The molecule has 23 heavy (non-hydrogen) atoms. The smallest absolute Gasteiger partial charge is 0.335 e. The van der Waals surface area contributed by atoms with Crippen molar-refractivity contribution < 1.29 is 14.3 Å². The number of halogens is 1. The molecule has 0 atom stereocenters. The molecular formula is C17H12FN3O2. The zero-order valence-corrected chi connectivity index (χ0v) is 12.0. The zero-order chi connectivity index (χ0) is 16.4. The fourth-order valence-corrected chi connectivity index (χ4v) is 2.47. The Morgan fingerprint density at radius 3 is 2.65 bits per heavy atom. The van der Waals surface area contributed by atoms with Crippen LogP contribution in [0.15, 0.2) is 42.5 Å². The van der Waals surface area contributed by atoms with E-state index in [2.05, 4.69) is 11.1 Å². The number of carboxylic acids is 1. The summed E-state index contributed by atoms with van der Waals surface area (Å²) in [5.74, 6) is -0.808. The first-order valence-electron chi connectivity index (χ1n) is 6.92. The maximum atomic E-state index is 13.3. The maximum absolute atomic E-state index is 13.3. The van der Waals surface area contributed by atoms with E-state index in [1.165, 1.54) is 24.3 Å². The summed E-state index contributed by atoms with van der Waals surface area (Å²) in [6.07, 6.45) is 0.115. The van der Waals surface area contributed by atoms with Crippen LogP contribution in [0.3, 0.4) is 0 Å². The van der Waals surface area contributed by atoms with Gasteiger partial charge in [0.05, 0.1) is 29.1 Å². The van der Waals surface area contributed by atoms with Crippen LogP contribution >= 0.6 is 0 Å². The molecule has 0 aliphatic rings. The molecule has 114 valence electrons. The number of nitriles is 1. The molecule has 1 N–H and O–H groups in total. The topological polar surface area (TPSA) is 78.9 Å². The third-order valence-corrected chi connectivity index (χ3v) is 3.57. The molecule has 3 rings (SSSR count). The van der Waals surface area contributed by atoms with Crippen molar-refractivity contribution in [2.75, 3.05) is 0 Å². The third-order valence-electron chi connectivity index (χ3n) is 3.57. The molecule has 0 radical (unpaired) electrons. The molecular weight excluding hydrogens is 297 g/mol. The quantitative estimate of drug-likeness (QED) is 0.803. The van der Waals surface area contributed by atoms with E-state index < -0.39 is 5.97 Å². The van der Waals surface area contributed by atoms with Gasteiger partial charge < -0.3 is 9.67 Å². The van der Waals surface area contributed by atoms with Crippen LogP contribution in [-0.4, -0.2) is 20.6 Å². The highest BCUT2D eigenvalue weighted by atomic mass is 19.1. The lowest BCUT2D eigenvalue weighted by Gasteiger charge is -2.08. The van der Waals surface area contributed by atoms with Crippen LogP contribution in [0, 0.1) is 17.1 Å². The average Bonchev–Trinajstić information content (AvgIpc) is 2.85. The largest absolute Gasteiger partial charge is 0.478 e. The number of carbonyl (C=O) groups is 1. The van der Waals surface area contributed by atoms with Crippen molar-refractivity contribution in [3.8, 4) is 6.07 Å². The number of imidazole rings is 1. The highest BCUT2D eigenvalue weighted by Crippen LogP contribution is 2.20. The maximum Gasteiger partial charge on any atom is 0.335 e. The van der Waals surface area contributed by atoms with Gasteiger partial charge >= 0.3 is 5.97 Å². The molecule has 0 saturated carbocycles. The Kier molecular flexibility index (Phi) is 3.77. The third kappa shape index (κ3) is 2.90. The van der Waals surface area contributed by atoms with Crippen molar-refractivity contribution in [1.29, 1.82) is 5.26 Å². The van der Waals surface area contributed by atoms with E-state index in [1.54, 1.807) is 18.2 Å². The van der Waals surface area contributed by atoms with Gasteiger partial charge in [-0.15, -0.1) is 0 Å². The minimum atomic E-state index is -0.981. The lowest BCUT2D eigenvalue weighted by molar-refractivity contribution is 0.0697. The number of rotatable bonds is 4. The first-order chi connectivity index (χ1) is 11.1. The molecule has 0 amide bonds. The Balaban J connectivity index is 2.02. The molecule has 5 nitrogen and oxygen atoms in total. The fourth-order valence-electron chi connectivity index (χ4n) is 2.47. The molecule has 1 heterocycles. The van der Waals surface area contributed by atoms with Crippen molar-refractivity contribution in [2.24, 2.45) is 0 Å².